The molecule has 0 atom stereocenters. The van der Waals surface area contributed by atoms with Crippen molar-refractivity contribution in [2.75, 3.05) is 77.6 Å². The van der Waals surface area contributed by atoms with Crippen molar-refractivity contribution >= 4 is 56.6 Å². The number of amides is 4. The highest BCUT2D eigenvalue weighted by Gasteiger charge is 2.31. The lowest BCUT2D eigenvalue weighted by atomic mass is 10.2. The predicted molar refractivity (Wildman–Crippen MR) is 246 cm³/mol. The molecule has 2 fully saturated rings. The summed E-state index contributed by atoms with van der Waals surface area (Å²) in [5, 5.41) is 12.3. The van der Waals surface area contributed by atoms with Crippen molar-refractivity contribution in [3.63, 3.8) is 0 Å². The Hall–Kier alpha value is -7.60. The Morgan fingerprint density at radius 1 is 0.523 bits per heavy atom. The molecular formula is C48H49BrN8O8. The molecule has 0 spiro atoms. The van der Waals surface area contributed by atoms with E-state index in [0.29, 0.717) is 131 Å². The number of nitriles is 1. The van der Waals surface area contributed by atoms with Crippen LogP contribution in [-0.4, -0.2) is 116 Å². The maximum Gasteiger partial charge on any atom is 0.312 e. The molecule has 0 aromatic heterocycles. The summed E-state index contributed by atoms with van der Waals surface area (Å²) >= 11 is 3.33. The lowest BCUT2D eigenvalue weighted by molar-refractivity contribution is -0.156. The second kappa shape index (κ2) is 28.2. The molecule has 16 nitrogen and oxygen atoms in total. The minimum Gasteiger partial charge on any atom is -0.494 e. The number of carbonyl (C=O) groups is 4. The van der Waals surface area contributed by atoms with Crippen LogP contribution in [0.4, 0.5) is 17.1 Å². The van der Waals surface area contributed by atoms with Gasteiger partial charge >= 0.3 is 23.6 Å². The summed E-state index contributed by atoms with van der Waals surface area (Å²) in [5.41, 5.74) is 2.34. The van der Waals surface area contributed by atoms with Crippen molar-refractivity contribution < 1.29 is 38.1 Å². The van der Waals surface area contributed by atoms with Gasteiger partial charge in [-0.3, -0.25) is 19.2 Å². The van der Waals surface area contributed by atoms with Gasteiger partial charge in [-0.1, -0.05) is 52.3 Å². The van der Waals surface area contributed by atoms with E-state index < -0.39 is 23.6 Å². The van der Waals surface area contributed by atoms with Gasteiger partial charge in [0.15, 0.2) is 17.1 Å². The average Bonchev–Trinajstić information content (AvgIpc) is 3.35. The molecule has 0 bridgehead atoms. The molecule has 65 heavy (non-hydrogen) atoms. The fourth-order valence-corrected chi connectivity index (χ4v) is 6.27. The first kappa shape index (κ1) is 50.0. The molecule has 0 saturated carbocycles. The summed E-state index contributed by atoms with van der Waals surface area (Å²) in [6.45, 7) is 26.0. The average molecular weight is 946 g/mol. The molecule has 4 amide bonds. The number of carbonyl (C=O) groups excluding carboxylic acids is 4. The molecule has 0 radical (unpaired) electrons. The Bertz CT molecular complexity index is 2240. The fourth-order valence-electron chi connectivity index (χ4n) is 6.04. The van der Waals surface area contributed by atoms with E-state index in [1.54, 1.807) is 94.7 Å². The van der Waals surface area contributed by atoms with Gasteiger partial charge in [-0.05, 0) is 86.3 Å². The van der Waals surface area contributed by atoms with Crippen molar-refractivity contribution in [1.82, 2.24) is 20.0 Å². The van der Waals surface area contributed by atoms with Gasteiger partial charge in [0.25, 0.3) is 0 Å². The monoisotopic (exact) mass is 944 g/mol. The van der Waals surface area contributed by atoms with Crippen LogP contribution in [0.3, 0.4) is 0 Å². The van der Waals surface area contributed by atoms with E-state index in [9.17, 15) is 19.2 Å². The normalized spacial score (nSPS) is 13.0. The first-order valence-corrected chi connectivity index (χ1v) is 21.9. The number of hydrogen-bond donors (Lipinski definition) is 1. The van der Waals surface area contributed by atoms with Crippen LogP contribution in [0.5, 0.6) is 23.0 Å². The summed E-state index contributed by atoms with van der Waals surface area (Å²) in [4.78, 5) is 62.0. The number of nitrogens with one attached hydrogen (secondary N) is 1. The molecule has 17 heteroatoms. The van der Waals surface area contributed by atoms with Gasteiger partial charge in [-0.15, -0.1) is 0 Å². The van der Waals surface area contributed by atoms with E-state index in [-0.39, 0.29) is 0 Å². The van der Waals surface area contributed by atoms with Gasteiger partial charge in [0.05, 0.1) is 57.8 Å². The molecular weight excluding hydrogens is 896 g/mol. The Morgan fingerprint density at radius 3 is 1.20 bits per heavy atom. The Kier molecular flexibility index (Phi) is 21.7. The highest BCUT2D eigenvalue weighted by Crippen LogP contribution is 2.20. The number of piperazine rings is 2. The summed E-state index contributed by atoms with van der Waals surface area (Å²) in [5.74, 6) is 0.891. The van der Waals surface area contributed by atoms with Crippen molar-refractivity contribution in [3.8, 4) is 29.1 Å². The van der Waals surface area contributed by atoms with E-state index >= 15 is 0 Å². The third-order valence-corrected chi connectivity index (χ3v) is 10.1. The molecule has 4 aromatic rings. The second-order valence-corrected chi connectivity index (χ2v) is 14.9. The maximum absolute atomic E-state index is 12.4. The zero-order valence-electron chi connectivity index (χ0n) is 35.8. The van der Waals surface area contributed by atoms with Crippen LogP contribution in [0.2, 0.25) is 0 Å². The van der Waals surface area contributed by atoms with Crippen LogP contribution in [0.15, 0.2) is 97.1 Å². The van der Waals surface area contributed by atoms with E-state index in [1.807, 2.05) is 12.1 Å². The summed E-state index contributed by atoms with van der Waals surface area (Å²) in [6.07, 6.45) is 2.87. The van der Waals surface area contributed by atoms with Gasteiger partial charge in [0.2, 0.25) is 0 Å². The molecule has 2 aliphatic heterocycles. The zero-order valence-corrected chi connectivity index (χ0v) is 37.4. The maximum atomic E-state index is 12.4. The SMILES string of the molecule is [C-]#[N+]c1ccc(OCCCBr)cc1.[C-]#[N+]c1ccc(OCCCN2CCN(CCCOc3ccc(C#N)cc3)C(=O)C2=O)cc1.[C-]#[N+]c1ccc(OCCCN2CCNC(=O)C2=O)cc1. The molecule has 6 rings (SSSR count). The Balaban J connectivity index is 0.000000238. The number of hydrogen-bond acceptors (Lipinski definition) is 9. The van der Waals surface area contributed by atoms with Crippen LogP contribution >= 0.6 is 15.9 Å². The Morgan fingerprint density at radius 2 is 0.862 bits per heavy atom. The number of rotatable bonds is 19. The minimum absolute atomic E-state index is 0.418. The first-order chi connectivity index (χ1) is 31.7. The molecule has 2 aliphatic rings. The van der Waals surface area contributed by atoms with Crippen LogP contribution < -0.4 is 24.3 Å². The number of nitrogens with zero attached hydrogens (tertiary/aromatic N) is 7. The smallest absolute Gasteiger partial charge is 0.312 e. The van der Waals surface area contributed by atoms with Crippen LogP contribution in [-0.2, 0) is 19.2 Å². The predicted octanol–water partition coefficient (Wildman–Crippen LogP) is 7.38. The molecule has 0 aliphatic carbocycles. The molecule has 336 valence electrons. The largest absolute Gasteiger partial charge is 0.494 e. The molecule has 4 aromatic carbocycles. The van der Waals surface area contributed by atoms with Crippen molar-refractivity contribution in [3.05, 3.63) is 137 Å². The van der Waals surface area contributed by atoms with Crippen LogP contribution in [0.1, 0.15) is 31.2 Å². The molecule has 0 unspecified atom stereocenters. The third-order valence-electron chi connectivity index (χ3n) is 9.50. The van der Waals surface area contributed by atoms with Gasteiger partial charge in [0, 0.05) is 51.1 Å². The van der Waals surface area contributed by atoms with Crippen molar-refractivity contribution in [1.29, 1.82) is 5.26 Å². The lowest BCUT2D eigenvalue weighted by Crippen LogP contribution is -2.54. The number of alkyl halides is 1. The summed E-state index contributed by atoms with van der Waals surface area (Å²) < 4.78 is 22.2. The molecule has 1 N–H and O–H groups in total. The highest BCUT2D eigenvalue weighted by molar-refractivity contribution is 9.09. The van der Waals surface area contributed by atoms with Crippen LogP contribution in [0.25, 0.3) is 14.5 Å². The van der Waals surface area contributed by atoms with Gasteiger partial charge in [-0.2, -0.15) is 5.26 Å². The number of halogens is 1. The van der Waals surface area contributed by atoms with Crippen molar-refractivity contribution in [2.45, 2.75) is 25.7 Å². The summed E-state index contributed by atoms with van der Waals surface area (Å²) in [6, 6.07) is 29.8. The topological polar surface area (TPSA) is 164 Å². The summed E-state index contributed by atoms with van der Waals surface area (Å²) in [7, 11) is 0. The quantitative estimate of drug-likeness (QED) is 0.0437. The van der Waals surface area contributed by atoms with E-state index in [1.165, 1.54) is 4.90 Å². The van der Waals surface area contributed by atoms with Crippen LogP contribution in [0, 0.1) is 31.0 Å². The highest BCUT2D eigenvalue weighted by atomic mass is 79.9. The molecule has 2 saturated heterocycles. The zero-order chi connectivity index (χ0) is 46.7. The van der Waals surface area contributed by atoms with Gasteiger partial charge < -0.3 is 39.0 Å². The number of ether oxygens (including phenoxy) is 4. The lowest BCUT2D eigenvalue weighted by Gasteiger charge is -2.33. The van der Waals surface area contributed by atoms with E-state index in [4.69, 9.17) is 43.9 Å². The fraction of sp³-hybridized carbons (Fsp3) is 0.333. The van der Waals surface area contributed by atoms with Crippen molar-refractivity contribution in [2.24, 2.45) is 0 Å². The first-order valence-electron chi connectivity index (χ1n) is 20.8. The second-order valence-electron chi connectivity index (χ2n) is 14.1. The Labute approximate surface area is 387 Å². The number of benzene rings is 4. The van der Waals surface area contributed by atoms with E-state index in [0.717, 1.165) is 17.5 Å². The minimum atomic E-state index is -0.535. The molecule has 2 heterocycles. The van der Waals surface area contributed by atoms with Gasteiger partial charge in [-0.25, -0.2) is 14.5 Å². The standard InChI is InChI=1S/C24H24N4O4.C14H15N3O3.C10H10BrNO/c1-26-20-6-10-22(11-7-20)32-17-3-13-28-15-14-27(23(29)24(28)30)12-2-16-31-21-8-4-19(18-25)5-9-21;1-15-11-3-5-12(6-4-11)20-10-2-8-17-9-7-16-13(18)14(17)19;1-12-9-3-5-10(6-4-9)13-8-2-7-11/h4-11H,2-3,12-17H2;3-6H,2,7-10H2,(H,16,18);3-6H,2,7-8H2. The third kappa shape index (κ3) is 17.6. The van der Waals surface area contributed by atoms with Gasteiger partial charge in [0.1, 0.15) is 23.0 Å². The van der Waals surface area contributed by atoms with E-state index in [2.05, 4.69) is 41.9 Å².